The first-order valence-corrected chi connectivity index (χ1v) is 9.74. The molecule has 0 bridgehead atoms. The van der Waals surface area contributed by atoms with Crippen molar-refractivity contribution in [3.63, 3.8) is 0 Å². The van der Waals surface area contributed by atoms with Crippen LogP contribution in [0.1, 0.15) is 19.8 Å². The molecule has 1 amide bonds. The minimum atomic E-state index is -3.84. The third kappa shape index (κ3) is 4.93. The molecule has 9 heteroatoms. The molecule has 1 aliphatic rings. The third-order valence-electron chi connectivity index (χ3n) is 3.95. The van der Waals surface area contributed by atoms with Gasteiger partial charge in [0.1, 0.15) is 6.54 Å². The monoisotopic (exact) mass is 388 g/mol. The fraction of sp³-hybridized carbons (Fsp3) is 0.500. The Kier molecular flexibility index (Phi) is 6.42. The van der Waals surface area contributed by atoms with Crippen LogP contribution in [0.3, 0.4) is 0 Å². The maximum absolute atomic E-state index is 12.4. The van der Waals surface area contributed by atoms with Gasteiger partial charge in [0, 0.05) is 25.2 Å². The smallest absolute Gasteiger partial charge is 0.322 e. The molecule has 7 nitrogen and oxygen atoms in total. The Labute approximate surface area is 152 Å². The fourth-order valence-electron chi connectivity index (χ4n) is 2.53. The van der Waals surface area contributed by atoms with Gasteiger partial charge in [0.05, 0.1) is 4.90 Å². The number of hydrogen-bond acceptors (Lipinski definition) is 5. The van der Waals surface area contributed by atoms with Crippen LogP contribution in [-0.2, 0) is 24.3 Å². The van der Waals surface area contributed by atoms with E-state index in [0.29, 0.717) is 18.1 Å². The van der Waals surface area contributed by atoms with Crippen LogP contribution in [0.5, 0.6) is 0 Å². The zero-order chi connectivity index (χ0) is 18.6. The number of ether oxygens (including phenoxy) is 1. The van der Waals surface area contributed by atoms with Gasteiger partial charge in [-0.05, 0) is 44.0 Å². The summed E-state index contributed by atoms with van der Waals surface area (Å²) in [6, 6.07) is 5.63. The average Bonchev–Trinajstić information content (AvgIpc) is 3.08. The van der Waals surface area contributed by atoms with E-state index in [1.54, 1.807) is 4.90 Å². The van der Waals surface area contributed by atoms with E-state index in [1.165, 1.54) is 38.2 Å². The summed E-state index contributed by atoms with van der Waals surface area (Å²) in [4.78, 5) is 25.8. The van der Waals surface area contributed by atoms with Crippen LogP contribution in [0, 0.1) is 0 Å². The molecule has 0 radical (unpaired) electrons. The van der Waals surface area contributed by atoms with Crippen molar-refractivity contribution in [1.29, 1.82) is 0 Å². The van der Waals surface area contributed by atoms with Crippen molar-refractivity contribution in [3.8, 4) is 0 Å². The summed E-state index contributed by atoms with van der Waals surface area (Å²) in [6.07, 6.45) is 0.945. The van der Waals surface area contributed by atoms with Crippen molar-refractivity contribution in [2.75, 3.05) is 26.7 Å². The van der Waals surface area contributed by atoms with Crippen LogP contribution < -0.4 is 0 Å². The van der Waals surface area contributed by atoms with Crippen LogP contribution in [-0.4, -0.2) is 62.3 Å². The molecule has 0 N–H and O–H groups in total. The van der Waals surface area contributed by atoms with Crippen molar-refractivity contribution >= 4 is 33.5 Å². The molecule has 0 aromatic heterocycles. The number of likely N-dealkylation sites (tertiary alicyclic amines) is 1. The van der Waals surface area contributed by atoms with E-state index in [-0.39, 0.29) is 10.8 Å². The van der Waals surface area contributed by atoms with E-state index >= 15 is 0 Å². The molecule has 0 unspecified atom stereocenters. The van der Waals surface area contributed by atoms with E-state index < -0.39 is 28.6 Å². The Balaban J connectivity index is 1.94. The van der Waals surface area contributed by atoms with Gasteiger partial charge >= 0.3 is 5.97 Å². The van der Waals surface area contributed by atoms with E-state index in [4.69, 9.17) is 16.3 Å². The molecule has 1 atom stereocenters. The lowest BCUT2D eigenvalue weighted by Crippen LogP contribution is -2.40. The summed E-state index contributed by atoms with van der Waals surface area (Å²) in [5.74, 6) is -1.03. The molecule has 1 fully saturated rings. The lowest BCUT2D eigenvalue weighted by atomic mass is 10.3. The van der Waals surface area contributed by atoms with Crippen molar-refractivity contribution in [3.05, 3.63) is 29.3 Å². The molecule has 0 saturated carbocycles. The van der Waals surface area contributed by atoms with Gasteiger partial charge in [0.15, 0.2) is 6.10 Å². The highest BCUT2D eigenvalue weighted by Gasteiger charge is 2.28. The summed E-state index contributed by atoms with van der Waals surface area (Å²) < 4.78 is 30.8. The lowest BCUT2D eigenvalue weighted by molar-refractivity contribution is -0.158. The standard InChI is InChI=1S/C16H21ClN2O5S/c1-12(16(21)19-9-3-4-10-19)24-15(20)11-18(2)25(22,23)14-7-5-13(17)6-8-14/h5-8,12H,3-4,9-11H2,1-2H3/t12-/m0/s1. The SMILES string of the molecule is C[C@H](OC(=O)CN(C)S(=O)(=O)c1ccc(Cl)cc1)C(=O)N1CCCC1. The van der Waals surface area contributed by atoms with Gasteiger partial charge in [0.25, 0.3) is 5.91 Å². The van der Waals surface area contributed by atoms with Crippen molar-refractivity contribution in [2.24, 2.45) is 0 Å². The molecular formula is C16H21ClN2O5S. The van der Waals surface area contributed by atoms with Crippen molar-refractivity contribution in [1.82, 2.24) is 9.21 Å². The van der Waals surface area contributed by atoms with Gasteiger partial charge in [-0.25, -0.2) is 8.42 Å². The van der Waals surface area contributed by atoms with Gasteiger partial charge in [0.2, 0.25) is 10.0 Å². The van der Waals surface area contributed by atoms with Gasteiger partial charge in [-0.1, -0.05) is 11.6 Å². The Morgan fingerprint density at radius 1 is 1.24 bits per heavy atom. The first kappa shape index (κ1) is 19.7. The molecule has 1 heterocycles. The molecular weight excluding hydrogens is 368 g/mol. The Morgan fingerprint density at radius 2 is 1.80 bits per heavy atom. The van der Waals surface area contributed by atoms with E-state index in [2.05, 4.69) is 0 Å². The summed E-state index contributed by atoms with van der Waals surface area (Å²) in [5, 5.41) is 0.412. The van der Waals surface area contributed by atoms with Crippen molar-refractivity contribution in [2.45, 2.75) is 30.8 Å². The summed E-state index contributed by atoms with van der Waals surface area (Å²) in [6.45, 7) is 2.33. The van der Waals surface area contributed by atoms with Crippen LogP contribution in [0.25, 0.3) is 0 Å². The van der Waals surface area contributed by atoms with Crippen LogP contribution >= 0.6 is 11.6 Å². The Bertz CT molecular complexity index is 729. The number of carbonyl (C=O) groups excluding carboxylic acids is 2. The number of esters is 1. The van der Waals surface area contributed by atoms with E-state index in [0.717, 1.165) is 17.1 Å². The van der Waals surface area contributed by atoms with E-state index in [1.807, 2.05) is 0 Å². The molecule has 1 aromatic carbocycles. The summed E-state index contributed by atoms with van der Waals surface area (Å²) in [5.41, 5.74) is 0. The maximum atomic E-state index is 12.4. The predicted molar refractivity (Wildman–Crippen MR) is 92.6 cm³/mol. The number of sulfonamides is 1. The van der Waals surface area contributed by atoms with E-state index in [9.17, 15) is 18.0 Å². The molecule has 0 aliphatic carbocycles. The number of nitrogens with zero attached hydrogens (tertiary/aromatic N) is 2. The molecule has 138 valence electrons. The highest BCUT2D eigenvalue weighted by Crippen LogP contribution is 2.17. The van der Waals surface area contributed by atoms with Crippen LogP contribution in [0.2, 0.25) is 5.02 Å². The van der Waals surface area contributed by atoms with Gasteiger partial charge < -0.3 is 9.64 Å². The molecule has 2 rings (SSSR count). The highest BCUT2D eigenvalue weighted by atomic mass is 35.5. The molecule has 1 aliphatic heterocycles. The zero-order valence-electron chi connectivity index (χ0n) is 14.1. The van der Waals surface area contributed by atoms with Crippen LogP contribution in [0.4, 0.5) is 0 Å². The molecule has 25 heavy (non-hydrogen) atoms. The normalized spacial score (nSPS) is 16.1. The Morgan fingerprint density at radius 3 is 2.36 bits per heavy atom. The summed E-state index contributed by atoms with van der Waals surface area (Å²) >= 11 is 5.75. The first-order valence-electron chi connectivity index (χ1n) is 7.92. The molecule has 0 spiro atoms. The molecule has 1 aromatic rings. The van der Waals surface area contributed by atoms with Crippen LogP contribution in [0.15, 0.2) is 29.2 Å². The predicted octanol–water partition coefficient (Wildman–Crippen LogP) is 1.51. The largest absolute Gasteiger partial charge is 0.452 e. The second-order valence-electron chi connectivity index (χ2n) is 5.88. The first-order chi connectivity index (χ1) is 11.7. The number of amides is 1. The highest BCUT2D eigenvalue weighted by molar-refractivity contribution is 7.89. The minimum Gasteiger partial charge on any atom is -0.452 e. The lowest BCUT2D eigenvalue weighted by Gasteiger charge is -2.22. The summed E-state index contributed by atoms with van der Waals surface area (Å²) in [7, 11) is -2.57. The fourth-order valence-corrected chi connectivity index (χ4v) is 3.77. The maximum Gasteiger partial charge on any atom is 0.322 e. The second kappa shape index (κ2) is 8.16. The average molecular weight is 389 g/mol. The third-order valence-corrected chi connectivity index (χ3v) is 6.02. The number of rotatable bonds is 6. The van der Waals surface area contributed by atoms with Crippen molar-refractivity contribution < 1.29 is 22.7 Å². The molecule has 1 saturated heterocycles. The number of benzene rings is 1. The second-order valence-corrected chi connectivity index (χ2v) is 8.36. The topological polar surface area (TPSA) is 84.0 Å². The Hall–Kier alpha value is -1.64. The number of likely N-dealkylation sites (N-methyl/N-ethyl adjacent to an activating group) is 1. The minimum absolute atomic E-state index is 0.0217. The quantitative estimate of drug-likeness (QED) is 0.690. The number of hydrogen-bond donors (Lipinski definition) is 0. The van der Waals surface area contributed by atoms with Gasteiger partial charge in [-0.15, -0.1) is 0 Å². The number of halogens is 1. The van der Waals surface area contributed by atoms with Gasteiger partial charge in [-0.2, -0.15) is 4.31 Å². The zero-order valence-corrected chi connectivity index (χ0v) is 15.7. The number of carbonyl (C=O) groups is 2. The van der Waals surface area contributed by atoms with Gasteiger partial charge in [-0.3, -0.25) is 9.59 Å².